The summed E-state index contributed by atoms with van der Waals surface area (Å²) in [6.45, 7) is 3.65. The summed E-state index contributed by atoms with van der Waals surface area (Å²) in [7, 11) is 0. The average molecular weight is 312 g/mol. The Hall–Kier alpha value is -1.89. The fraction of sp³-hybridized carbons (Fsp3) is 0.500. The van der Waals surface area contributed by atoms with E-state index in [1.54, 1.807) is 30.7 Å². The van der Waals surface area contributed by atoms with Crippen molar-refractivity contribution in [1.29, 1.82) is 0 Å². The van der Waals surface area contributed by atoms with Gasteiger partial charge in [-0.15, -0.1) is 0 Å². The van der Waals surface area contributed by atoms with Gasteiger partial charge in [0.1, 0.15) is 0 Å². The molecule has 0 radical (unpaired) electrons. The number of aliphatic carboxylic acids is 1. The Labute approximate surface area is 127 Å². The SMILES string of the molecule is CCC(C)(CNC(=O)CCNC(=O)c1ccsc1)C(=O)O. The molecule has 0 aliphatic rings. The summed E-state index contributed by atoms with van der Waals surface area (Å²) in [5.41, 5.74) is -0.389. The molecule has 0 aliphatic heterocycles. The highest BCUT2D eigenvalue weighted by atomic mass is 32.1. The summed E-state index contributed by atoms with van der Waals surface area (Å²) in [5.74, 6) is -1.43. The van der Waals surface area contributed by atoms with Gasteiger partial charge in [0.2, 0.25) is 5.91 Å². The van der Waals surface area contributed by atoms with E-state index in [9.17, 15) is 14.4 Å². The fourth-order valence-corrected chi connectivity index (χ4v) is 2.16. The van der Waals surface area contributed by atoms with E-state index in [0.29, 0.717) is 12.0 Å². The van der Waals surface area contributed by atoms with Crippen molar-refractivity contribution in [2.24, 2.45) is 5.41 Å². The second kappa shape index (κ2) is 7.78. The van der Waals surface area contributed by atoms with Crippen LogP contribution in [0.2, 0.25) is 0 Å². The van der Waals surface area contributed by atoms with Gasteiger partial charge in [0, 0.05) is 30.5 Å². The lowest BCUT2D eigenvalue weighted by Crippen LogP contribution is -2.41. The summed E-state index contributed by atoms with van der Waals surface area (Å²) in [4.78, 5) is 34.4. The zero-order chi connectivity index (χ0) is 15.9. The number of carbonyl (C=O) groups excluding carboxylic acids is 2. The summed E-state index contributed by atoms with van der Waals surface area (Å²) in [6, 6.07) is 1.71. The second-order valence-electron chi connectivity index (χ2n) is 5.01. The molecule has 0 aromatic carbocycles. The second-order valence-corrected chi connectivity index (χ2v) is 5.79. The zero-order valence-corrected chi connectivity index (χ0v) is 13.0. The molecule has 1 unspecified atom stereocenters. The lowest BCUT2D eigenvalue weighted by molar-refractivity contribution is -0.148. The molecule has 3 N–H and O–H groups in total. The molecule has 1 rings (SSSR count). The van der Waals surface area contributed by atoms with Crippen molar-refractivity contribution >= 4 is 29.1 Å². The number of hydrogen-bond acceptors (Lipinski definition) is 4. The summed E-state index contributed by atoms with van der Waals surface area (Å²) < 4.78 is 0. The molecule has 21 heavy (non-hydrogen) atoms. The summed E-state index contributed by atoms with van der Waals surface area (Å²) >= 11 is 1.43. The molecule has 0 saturated heterocycles. The van der Waals surface area contributed by atoms with Crippen LogP contribution in [0, 0.1) is 5.41 Å². The minimum Gasteiger partial charge on any atom is -0.481 e. The predicted molar refractivity (Wildman–Crippen MR) is 80.3 cm³/mol. The molecular weight excluding hydrogens is 292 g/mol. The van der Waals surface area contributed by atoms with Crippen LogP contribution in [-0.4, -0.2) is 36.0 Å². The van der Waals surface area contributed by atoms with Crippen molar-refractivity contribution in [2.75, 3.05) is 13.1 Å². The molecule has 1 aromatic rings. The molecule has 0 spiro atoms. The number of thiophene rings is 1. The molecule has 0 bridgehead atoms. The van der Waals surface area contributed by atoms with Gasteiger partial charge in [0.05, 0.1) is 5.41 Å². The van der Waals surface area contributed by atoms with Crippen LogP contribution in [0.5, 0.6) is 0 Å². The third kappa shape index (κ3) is 5.18. The van der Waals surface area contributed by atoms with Crippen LogP contribution >= 0.6 is 11.3 Å². The maximum atomic E-state index is 11.6. The molecule has 2 amide bonds. The van der Waals surface area contributed by atoms with E-state index in [2.05, 4.69) is 10.6 Å². The normalized spacial score (nSPS) is 13.2. The van der Waals surface area contributed by atoms with Gasteiger partial charge in [-0.3, -0.25) is 14.4 Å². The number of carboxylic acids is 1. The molecule has 1 heterocycles. The van der Waals surface area contributed by atoms with Crippen LogP contribution in [0.4, 0.5) is 0 Å². The Morgan fingerprint density at radius 3 is 2.57 bits per heavy atom. The Morgan fingerprint density at radius 2 is 2.05 bits per heavy atom. The fourth-order valence-electron chi connectivity index (χ4n) is 1.52. The topological polar surface area (TPSA) is 95.5 Å². The zero-order valence-electron chi connectivity index (χ0n) is 12.1. The summed E-state index contributed by atoms with van der Waals surface area (Å²) in [5, 5.41) is 17.9. The lowest BCUT2D eigenvalue weighted by atomic mass is 9.88. The average Bonchev–Trinajstić information content (AvgIpc) is 2.98. The Kier molecular flexibility index (Phi) is 6.36. The maximum absolute atomic E-state index is 11.6. The molecule has 116 valence electrons. The van der Waals surface area contributed by atoms with E-state index in [-0.39, 0.29) is 31.3 Å². The number of hydrogen-bond donors (Lipinski definition) is 3. The van der Waals surface area contributed by atoms with E-state index in [0.717, 1.165) is 0 Å². The van der Waals surface area contributed by atoms with Crippen LogP contribution in [0.15, 0.2) is 16.8 Å². The molecule has 0 saturated carbocycles. The van der Waals surface area contributed by atoms with Crippen molar-refractivity contribution < 1.29 is 19.5 Å². The Balaban J connectivity index is 2.28. The number of carboxylic acid groups (broad SMARTS) is 1. The van der Waals surface area contributed by atoms with Gasteiger partial charge in [0.25, 0.3) is 5.91 Å². The van der Waals surface area contributed by atoms with Gasteiger partial charge in [-0.2, -0.15) is 11.3 Å². The van der Waals surface area contributed by atoms with Crippen LogP contribution in [0.1, 0.15) is 37.0 Å². The molecule has 1 aromatic heterocycles. The number of rotatable bonds is 8. The third-order valence-corrected chi connectivity index (χ3v) is 4.08. The van der Waals surface area contributed by atoms with Crippen molar-refractivity contribution in [3.8, 4) is 0 Å². The molecular formula is C14H20N2O4S. The Morgan fingerprint density at radius 1 is 1.33 bits per heavy atom. The number of amides is 2. The highest BCUT2D eigenvalue weighted by Gasteiger charge is 2.31. The molecule has 0 aliphatic carbocycles. The largest absolute Gasteiger partial charge is 0.481 e. The van der Waals surface area contributed by atoms with Crippen molar-refractivity contribution in [3.05, 3.63) is 22.4 Å². The van der Waals surface area contributed by atoms with Crippen molar-refractivity contribution in [3.63, 3.8) is 0 Å². The third-order valence-electron chi connectivity index (χ3n) is 3.39. The van der Waals surface area contributed by atoms with Crippen molar-refractivity contribution in [1.82, 2.24) is 10.6 Å². The van der Waals surface area contributed by atoms with E-state index in [1.807, 2.05) is 0 Å². The molecule has 7 heteroatoms. The van der Waals surface area contributed by atoms with E-state index >= 15 is 0 Å². The monoisotopic (exact) mass is 312 g/mol. The van der Waals surface area contributed by atoms with Gasteiger partial charge in [-0.25, -0.2) is 0 Å². The van der Waals surface area contributed by atoms with Crippen LogP contribution in [0.25, 0.3) is 0 Å². The number of carbonyl (C=O) groups is 3. The van der Waals surface area contributed by atoms with Gasteiger partial charge < -0.3 is 15.7 Å². The highest BCUT2D eigenvalue weighted by Crippen LogP contribution is 2.19. The summed E-state index contributed by atoms with van der Waals surface area (Å²) in [6.07, 6.45) is 0.548. The predicted octanol–water partition coefficient (Wildman–Crippen LogP) is 1.49. The standard InChI is InChI=1S/C14H20N2O4S/c1-3-14(2,13(19)20)9-16-11(17)4-6-15-12(18)10-5-7-21-8-10/h5,7-8H,3-4,6,9H2,1-2H3,(H,15,18)(H,16,17)(H,19,20). The van der Waals surface area contributed by atoms with Crippen LogP contribution in [0.3, 0.4) is 0 Å². The molecule has 0 fully saturated rings. The lowest BCUT2D eigenvalue weighted by Gasteiger charge is -2.23. The van der Waals surface area contributed by atoms with Gasteiger partial charge >= 0.3 is 5.97 Å². The molecule has 6 nitrogen and oxygen atoms in total. The quantitative estimate of drug-likeness (QED) is 0.677. The van der Waals surface area contributed by atoms with E-state index in [4.69, 9.17) is 5.11 Å². The van der Waals surface area contributed by atoms with Gasteiger partial charge in [-0.05, 0) is 24.8 Å². The first-order valence-corrected chi connectivity index (χ1v) is 7.64. The number of nitrogens with one attached hydrogen (secondary N) is 2. The van der Waals surface area contributed by atoms with E-state index in [1.165, 1.54) is 11.3 Å². The van der Waals surface area contributed by atoms with Gasteiger partial charge in [0.15, 0.2) is 0 Å². The first kappa shape index (κ1) is 17.2. The van der Waals surface area contributed by atoms with Crippen LogP contribution in [-0.2, 0) is 9.59 Å². The minimum atomic E-state index is -0.963. The minimum absolute atomic E-state index is 0.0795. The first-order valence-electron chi connectivity index (χ1n) is 6.69. The maximum Gasteiger partial charge on any atom is 0.311 e. The van der Waals surface area contributed by atoms with E-state index < -0.39 is 11.4 Å². The molecule has 1 atom stereocenters. The van der Waals surface area contributed by atoms with Crippen molar-refractivity contribution in [2.45, 2.75) is 26.7 Å². The van der Waals surface area contributed by atoms with Crippen LogP contribution < -0.4 is 10.6 Å². The Bertz CT molecular complexity index is 501. The first-order chi connectivity index (χ1) is 9.89. The van der Waals surface area contributed by atoms with Gasteiger partial charge in [-0.1, -0.05) is 6.92 Å². The smallest absolute Gasteiger partial charge is 0.311 e. The highest BCUT2D eigenvalue weighted by molar-refractivity contribution is 7.08.